The Morgan fingerprint density at radius 3 is 2.61 bits per heavy atom. The van der Waals surface area contributed by atoms with Crippen LogP contribution in [0.15, 0.2) is 41.3 Å². The molecule has 0 radical (unpaired) electrons. The molecule has 1 heterocycles. The number of Topliss-reactive ketones (excluding diaryl/α,β-unsaturated/α-hetero) is 1. The largest absolute Gasteiger partial charge is 0.480 e. The minimum Gasteiger partial charge on any atom is -0.480 e. The van der Waals surface area contributed by atoms with Gasteiger partial charge >= 0.3 is 5.97 Å². The number of hydrogen-bond acceptors (Lipinski definition) is 5. The van der Waals surface area contributed by atoms with Crippen LogP contribution in [-0.2, 0) is 14.4 Å². The minimum atomic E-state index is -1.51. The van der Waals surface area contributed by atoms with E-state index in [1.54, 1.807) is 12.1 Å². The van der Waals surface area contributed by atoms with E-state index < -0.39 is 35.2 Å². The molecule has 1 amide bonds. The smallest absolute Gasteiger partial charge is 0.322 e. The van der Waals surface area contributed by atoms with Crippen LogP contribution < -0.4 is 5.32 Å². The van der Waals surface area contributed by atoms with Crippen molar-refractivity contribution in [3.8, 4) is 0 Å². The lowest BCUT2D eigenvalue weighted by molar-refractivity contribution is -0.139. The zero-order valence-corrected chi connectivity index (χ0v) is 12.6. The van der Waals surface area contributed by atoms with Crippen LogP contribution >= 0.6 is 11.8 Å². The van der Waals surface area contributed by atoms with Gasteiger partial charge in [0.05, 0.1) is 0 Å². The molecule has 6 nitrogen and oxygen atoms in total. The van der Waals surface area contributed by atoms with E-state index in [2.05, 4.69) is 5.32 Å². The van der Waals surface area contributed by atoms with Gasteiger partial charge in [-0.25, -0.2) is 0 Å². The fourth-order valence-corrected chi connectivity index (χ4v) is 3.57. The second kappa shape index (κ2) is 5.85. The third-order valence-electron chi connectivity index (χ3n) is 3.52. The van der Waals surface area contributed by atoms with Gasteiger partial charge in [-0.1, -0.05) is 30.3 Å². The average Bonchev–Trinajstić information content (AvgIpc) is 2.52. The third kappa shape index (κ3) is 2.70. The molecule has 1 unspecified atom stereocenters. The molecule has 0 bridgehead atoms. The van der Waals surface area contributed by atoms with Gasteiger partial charge in [-0.3, -0.25) is 19.2 Å². The molecule has 2 aromatic rings. The van der Waals surface area contributed by atoms with Crippen LogP contribution in [0.25, 0.3) is 10.8 Å². The van der Waals surface area contributed by atoms with Gasteiger partial charge < -0.3 is 10.4 Å². The highest BCUT2D eigenvalue weighted by molar-refractivity contribution is 8.14. The Bertz CT molecular complexity index is 861. The van der Waals surface area contributed by atoms with E-state index in [0.717, 1.165) is 22.5 Å². The van der Waals surface area contributed by atoms with Gasteiger partial charge in [0.15, 0.2) is 11.7 Å². The predicted molar refractivity (Wildman–Crippen MR) is 83.3 cm³/mol. The van der Waals surface area contributed by atoms with Crippen molar-refractivity contribution in [3.05, 3.63) is 42.0 Å². The van der Waals surface area contributed by atoms with Crippen molar-refractivity contribution >= 4 is 45.3 Å². The van der Waals surface area contributed by atoms with Crippen LogP contribution in [-0.4, -0.2) is 34.4 Å². The summed E-state index contributed by atoms with van der Waals surface area (Å²) in [4.78, 5) is 47.8. The number of amides is 1. The Balaban J connectivity index is 2.00. The van der Waals surface area contributed by atoms with Gasteiger partial charge in [0, 0.05) is 10.5 Å². The molecule has 0 aromatic heterocycles. The number of nitrogens with one attached hydrogen (secondary N) is 1. The molecule has 0 fully saturated rings. The van der Waals surface area contributed by atoms with E-state index in [1.807, 2.05) is 24.3 Å². The van der Waals surface area contributed by atoms with Gasteiger partial charge in [0.25, 0.3) is 0 Å². The molecule has 0 saturated carbocycles. The zero-order valence-electron chi connectivity index (χ0n) is 11.7. The maximum absolute atomic E-state index is 12.5. The summed E-state index contributed by atoms with van der Waals surface area (Å²) in [5.41, 5.74) is 0.309. The first kappa shape index (κ1) is 15.2. The second-order valence-corrected chi connectivity index (χ2v) is 6.01. The standard InChI is InChI=1S/C16H11NO5S/c18-11(19)7-17-15(21)12-13(20)10-6-5-8-3-1-2-4-9(8)14(10)23-16(12)22/h1-6,12H,7H2,(H,17,21)(H,18,19). The predicted octanol–water partition coefficient (Wildman–Crippen LogP) is 1.47. The van der Waals surface area contributed by atoms with Gasteiger partial charge in [-0.2, -0.15) is 0 Å². The Morgan fingerprint density at radius 1 is 1.13 bits per heavy atom. The topological polar surface area (TPSA) is 101 Å². The molecule has 1 aliphatic rings. The summed E-state index contributed by atoms with van der Waals surface area (Å²) in [6.45, 7) is -0.634. The lowest BCUT2D eigenvalue weighted by Gasteiger charge is -2.22. The van der Waals surface area contributed by atoms with Crippen LogP contribution in [0.5, 0.6) is 0 Å². The molecule has 23 heavy (non-hydrogen) atoms. The molecule has 0 spiro atoms. The summed E-state index contributed by atoms with van der Waals surface area (Å²) in [5.74, 6) is -4.23. The number of benzene rings is 2. The summed E-state index contributed by atoms with van der Waals surface area (Å²) in [6.07, 6.45) is 0. The highest BCUT2D eigenvalue weighted by atomic mass is 32.2. The SMILES string of the molecule is O=C(O)CNC(=O)C1C(=O)Sc2c(ccc3ccccc23)C1=O. The van der Waals surface area contributed by atoms with Gasteiger partial charge in [-0.15, -0.1) is 0 Å². The molecule has 0 saturated heterocycles. The van der Waals surface area contributed by atoms with E-state index in [0.29, 0.717) is 10.5 Å². The summed E-state index contributed by atoms with van der Waals surface area (Å²) in [5, 5.41) is 11.7. The van der Waals surface area contributed by atoms with Gasteiger partial charge in [0.2, 0.25) is 11.0 Å². The number of carbonyl (C=O) groups excluding carboxylic acids is 3. The number of ketones is 1. The van der Waals surface area contributed by atoms with E-state index in [1.165, 1.54) is 0 Å². The molecule has 7 heteroatoms. The first-order valence-corrected chi connectivity index (χ1v) is 7.58. The first-order valence-electron chi connectivity index (χ1n) is 6.76. The molecule has 2 aromatic carbocycles. The molecule has 1 atom stereocenters. The van der Waals surface area contributed by atoms with E-state index >= 15 is 0 Å². The number of carboxylic acid groups (broad SMARTS) is 1. The monoisotopic (exact) mass is 329 g/mol. The van der Waals surface area contributed by atoms with Crippen molar-refractivity contribution in [2.45, 2.75) is 4.90 Å². The van der Waals surface area contributed by atoms with Crippen molar-refractivity contribution in [2.24, 2.45) is 5.92 Å². The van der Waals surface area contributed by atoms with Crippen LogP contribution in [0.2, 0.25) is 0 Å². The van der Waals surface area contributed by atoms with Gasteiger partial charge in [0.1, 0.15) is 6.54 Å². The highest BCUT2D eigenvalue weighted by Crippen LogP contribution is 2.39. The van der Waals surface area contributed by atoms with Crippen molar-refractivity contribution in [1.82, 2.24) is 5.32 Å². The summed E-state index contributed by atoms with van der Waals surface area (Å²) in [6, 6.07) is 10.7. The maximum atomic E-state index is 12.5. The average molecular weight is 329 g/mol. The fourth-order valence-electron chi connectivity index (χ4n) is 2.46. The summed E-state index contributed by atoms with van der Waals surface area (Å²) in [7, 11) is 0. The molecule has 1 aliphatic heterocycles. The highest BCUT2D eigenvalue weighted by Gasteiger charge is 2.40. The van der Waals surface area contributed by atoms with Crippen molar-refractivity contribution in [2.75, 3.05) is 6.54 Å². The third-order valence-corrected chi connectivity index (χ3v) is 4.60. The van der Waals surface area contributed by atoms with Crippen molar-refractivity contribution in [3.63, 3.8) is 0 Å². The Hall–Kier alpha value is -2.67. The Labute approximate surface area is 134 Å². The normalized spacial score (nSPS) is 17.0. The molecule has 2 N–H and O–H groups in total. The van der Waals surface area contributed by atoms with Crippen LogP contribution in [0, 0.1) is 5.92 Å². The summed E-state index contributed by atoms with van der Waals surface area (Å²) < 4.78 is 0. The quantitative estimate of drug-likeness (QED) is 0.827. The van der Waals surface area contributed by atoms with Crippen molar-refractivity contribution in [1.29, 1.82) is 0 Å². The van der Waals surface area contributed by atoms with Crippen LogP contribution in [0.4, 0.5) is 0 Å². The Morgan fingerprint density at radius 2 is 1.87 bits per heavy atom. The molecular formula is C16H11NO5S. The fraction of sp³-hybridized carbons (Fsp3) is 0.125. The van der Waals surface area contributed by atoms with E-state index in [9.17, 15) is 19.2 Å². The Kier molecular flexibility index (Phi) is 3.87. The van der Waals surface area contributed by atoms with E-state index in [4.69, 9.17) is 5.11 Å². The molecule has 116 valence electrons. The summed E-state index contributed by atoms with van der Waals surface area (Å²) >= 11 is 0.848. The van der Waals surface area contributed by atoms with Crippen LogP contribution in [0.3, 0.4) is 0 Å². The molecule has 0 aliphatic carbocycles. The number of aliphatic carboxylic acids is 1. The van der Waals surface area contributed by atoms with E-state index in [-0.39, 0.29) is 0 Å². The second-order valence-electron chi connectivity index (χ2n) is 4.99. The lowest BCUT2D eigenvalue weighted by Crippen LogP contribution is -2.42. The number of carboxylic acids is 1. The lowest BCUT2D eigenvalue weighted by atomic mass is 9.95. The first-order chi connectivity index (χ1) is 11.0. The number of hydrogen-bond donors (Lipinski definition) is 2. The number of fused-ring (bicyclic) bond motifs is 3. The maximum Gasteiger partial charge on any atom is 0.322 e. The molecule has 3 rings (SSSR count). The van der Waals surface area contributed by atoms with Gasteiger partial charge in [-0.05, 0) is 28.6 Å². The minimum absolute atomic E-state index is 0.309. The number of thioether (sulfide) groups is 1. The molecular weight excluding hydrogens is 318 g/mol. The number of rotatable bonds is 3. The zero-order chi connectivity index (χ0) is 16.6. The number of carbonyl (C=O) groups is 4. The van der Waals surface area contributed by atoms with Crippen LogP contribution in [0.1, 0.15) is 10.4 Å². The van der Waals surface area contributed by atoms with Crippen molar-refractivity contribution < 1.29 is 24.3 Å².